The summed E-state index contributed by atoms with van der Waals surface area (Å²) >= 11 is 6.23. The highest BCUT2D eigenvalue weighted by Gasteiger charge is 2.04. The molecule has 0 radical (unpaired) electrons. The minimum absolute atomic E-state index is 0.421. The van der Waals surface area contributed by atoms with E-state index in [4.69, 9.17) is 17.3 Å². The second-order valence-corrected chi connectivity index (χ2v) is 5.39. The Kier molecular flexibility index (Phi) is 4.70. The Labute approximate surface area is 129 Å². The third kappa shape index (κ3) is 3.89. The molecule has 2 aromatic carbocycles. The van der Waals surface area contributed by atoms with Crippen LogP contribution in [0.4, 0.5) is 11.4 Å². The summed E-state index contributed by atoms with van der Waals surface area (Å²) in [5.41, 5.74) is 8.66. The molecule has 0 aromatic heterocycles. The number of hydrogen-bond donors (Lipinski definition) is 2. The van der Waals surface area contributed by atoms with Crippen LogP contribution in [0.5, 0.6) is 0 Å². The zero-order valence-electron chi connectivity index (χ0n) is 12.1. The Hall–Kier alpha value is -2.20. The van der Waals surface area contributed by atoms with Crippen molar-refractivity contribution in [2.45, 2.75) is 6.54 Å². The number of benzene rings is 2. The lowest BCUT2D eigenvalue weighted by Crippen LogP contribution is -2.11. The lowest BCUT2D eigenvalue weighted by molar-refractivity contribution is 0.1000. The molecule has 0 aliphatic heterocycles. The summed E-state index contributed by atoms with van der Waals surface area (Å²) in [4.78, 5) is 13.1. The fraction of sp³-hybridized carbons (Fsp3) is 0.188. The zero-order chi connectivity index (χ0) is 15.4. The van der Waals surface area contributed by atoms with Crippen LogP contribution in [0.15, 0.2) is 42.5 Å². The minimum atomic E-state index is -0.421. The Morgan fingerprint density at radius 1 is 1.24 bits per heavy atom. The number of nitrogens with two attached hydrogens (primary N) is 1. The lowest BCUT2D eigenvalue weighted by atomic mass is 10.1. The topological polar surface area (TPSA) is 58.4 Å². The van der Waals surface area contributed by atoms with Gasteiger partial charge in [-0.2, -0.15) is 0 Å². The number of amides is 1. The number of hydrogen-bond acceptors (Lipinski definition) is 3. The Bertz CT molecular complexity index is 656. The largest absolute Gasteiger partial charge is 0.381 e. The number of carbonyl (C=O) groups is 1. The number of carbonyl (C=O) groups excluding carboxylic acids is 1. The number of anilines is 2. The lowest BCUT2D eigenvalue weighted by Gasteiger charge is -2.15. The van der Waals surface area contributed by atoms with Crippen molar-refractivity contribution in [3.8, 4) is 0 Å². The van der Waals surface area contributed by atoms with Gasteiger partial charge in [-0.3, -0.25) is 4.79 Å². The summed E-state index contributed by atoms with van der Waals surface area (Å²) in [7, 11) is 3.90. The highest BCUT2D eigenvalue weighted by molar-refractivity contribution is 6.33. The van der Waals surface area contributed by atoms with Crippen molar-refractivity contribution in [3.05, 3.63) is 58.6 Å². The molecule has 1 amide bonds. The smallest absolute Gasteiger partial charge is 0.248 e. The maximum atomic E-state index is 11.2. The van der Waals surface area contributed by atoms with E-state index in [1.807, 2.05) is 49.3 Å². The van der Waals surface area contributed by atoms with Crippen LogP contribution in [0, 0.1) is 0 Å². The van der Waals surface area contributed by atoms with Gasteiger partial charge in [0, 0.05) is 31.9 Å². The van der Waals surface area contributed by atoms with Crippen LogP contribution in [0.25, 0.3) is 0 Å². The number of rotatable bonds is 5. The second-order valence-electron chi connectivity index (χ2n) is 4.98. The van der Waals surface area contributed by atoms with Crippen molar-refractivity contribution in [2.24, 2.45) is 5.73 Å². The van der Waals surface area contributed by atoms with Crippen LogP contribution in [-0.4, -0.2) is 20.0 Å². The Morgan fingerprint density at radius 3 is 2.62 bits per heavy atom. The van der Waals surface area contributed by atoms with Crippen LogP contribution in [-0.2, 0) is 6.54 Å². The Morgan fingerprint density at radius 2 is 2.00 bits per heavy atom. The molecule has 110 valence electrons. The Balaban J connectivity index is 2.08. The average Bonchev–Trinajstić information content (AvgIpc) is 2.45. The van der Waals surface area contributed by atoms with Crippen molar-refractivity contribution in [1.82, 2.24) is 0 Å². The number of primary amides is 1. The summed E-state index contributed by atoms with van der Waals surface area (Å²) < 4.78 is 0. The number of halogens is 1. The SMILES string of the molecule is CN(C)c1ccc(NCc2cccc(C(N)=O)c2)cc1Cl. The van der Waals surface area contributed by atoms with E-state index in [0.717, 1.165) is 16.9 Å². The van der Waals surface area contributed by atoms with Crippen LogP contribution < -0.4 is 16.0 Å². The third-order valence-electron chi connectivity index (χ3n) is 3.14. The monoisotopic (exact) mass is 303 g/mol. The first-order chi connectivity index (χ1) is 9.97. The molecule has 0 fully saturated rings. The van der Waals surface area contributed by atoms with Gasteiger partial charge in [0.15, 0.2) is 0 Å². The average molecular weight is 304 g/mol. The van der Waals surface area contributed by atoms with Crippen LogP contribution in [0.1, 0.15) is 15.9 Å². The van der Waals surface area contributed by atoms with Gasteiger partial charge in [0.25, 0.3) is 0 Å². The molecule has 0 spiro atoms. The van der Waals surface area contributed by atoms with Crippen molar-refractivity contribution < 1.29 is 4.79 Å². The fourth-order valence-electron chi connectivity index (χ4n) is 2.02. The minimum Gasteiger partial charge on any atom is -0.381 e. The zero-order valence-corrected chi connectivity index (χ0v) is 12.8. The van der Waals surface area contributed by atoms with Gasteiger partial charge in [0.1, 0.15) is 0 Å². The van der Waals surface area contributed by atoms with Crippen LogP contribution in [0.2, 0.25) is 5.02 Å². The molecule has 0 heterocycles. The predicted octanol–water partition coefficient (Wildman–Crippen LogP) is 3.12. The van der Waals surface area contributed by atoms with E-state index >= 15 is 0 Å². The van der Waals surface area contributed by atoms with Crippen LogP contribution >= 0.6 is 11.6 Å². The molecule has 4 nitrogen and oxygen atoms in total. The van der Waals surface area contributed by atoms with Gasteiger partial charge in [-0.05, 0) is 35.9 Å². The molecule has 3 N–H and O–H groups in total. The summed E-state index contributed by atoms with van der Waals surface area (Å²) in [5.74, 6) is -0.421. The van der Waals surface area contributed by atoms with Gasteiger partial charge in [-0.1, -0.05) is 23.7 Å². The van der Waals surface area contributed by atoms with Crippen molar-refractivity contribution in [2.75, 3.05) is 24.3 Å². The fourth-order valence-corrected chi connectivity index (χ4v) is 2.37. The standard InChI is InChI=1S/C16H18ClN3O/c1-20(2)15-7-6-13(9-14(15)17)19-10-11-4-3-5-12(8-11)16(18)21/h3-9,19H,10H2,1-2H3,(H2,18,21). The van der Waals surface area contributed by atoms with E-state index < -0.39 is 5.91 Å². The quantitative estimate of drug-likeness (QED) is 0.892. The maximum absolute atomic E-state index is 11.2. The van der Waals surface area contributed by atoms with E-state index in [2.05, 4.69) is 5.32 Å². The molecule has 0 aliphatic rings. The molecule has 0 unspecified atom stereocenters. The second kappa shape index (κ2) is 6.50. The first kappa shape index (κ1) is 15.2. The molecule has 0 atom stereocenters. The normalized spacial score (nSPS) is 10.2. The number of nitrogens with zero attached hydrogens (tertiary/aromatic N) is 1. The van der Waals surface area contributed by atoms with Gasteiger partial charge < -0.3 is 16.0 Å². The highest BCUT2D eigenvalue weighted by atomic mass is 35.5. The van der Waals surface area contributed by atoms with E-state index in [1.165, 1.54) is 0 Å². The summed E-state index contributed by atoms with van der Waals surface area (Å²) in [6, 6.07) is 13.1. The molecule has 0 bridgehead atoms. The maximum Gasteiger partial charge on any atom is 0.248 e. The summed E-state index contributed by atoms with van der Waals surface area (Å²) in [5, 5.41) is 3.97. The molecular formula is C16H18ClN3O. The first-order valence-corrected chi connectivity index (χ1v) is 6.94. The summed E-state index contributed by atoms with van der Waals surface area (Å²) in [6.07, 6.45) is 0. The molecular weight excluding hydrogens is 286 g/mol. The molecule has 0 saturated carbocycles. The van der Waals surface area contributed by atoms with Crippen molar-refractivity contribution in [1.29, 1.82) is 0 Å². The van der Waals surface area contributed by atoms with Gasteiger partial charge in [0.2, 0.25) is 5.91 Å². The molecule has 5 heteroatoms. The molecule has 0 saturated heterocycles. The van der Waals surface area contributed by atoms with Crippen molar-refractivity contribution >= 4 is 28.9 Å². The molecule has 2 aromatic rings. The van der Waals surface area contributed by atoms with Gasteiger partial charge in [-0.25, -0.2) is 0 Å². The van der Waals surface area contributed by atoms with Crippen molar-refractivity contribution in [3.63, 3.8) is 0 Å². The first-order valence-electron chi connectivity index (χ1n) is 6.57. The summed E-state index contributed by atoms with van der Waals surface area (Å²) in [6.45, 7) is 0.596. The van der Waals surface area contributed by atoms with Gasteiger partial charge in [-0.15, -0.1) is 0 Å². The molecule has 2 rings (SSSR count). The van der Waals surface area contributed by atoms with E-state index in [1.54, 1.807) is 12.1 Å². The van der Waals surface area contributed by atoms with Gasteiger partial charge >= 0.3 is 0 Å². The van der Waals surface area contributed by atoms with Gasteiger partial charge in [0.05, 0.1) is 10.7 Å². The van der Waals surface area contributed by atoms with E-state index in [9.17, 15) is 4.79 Å². The van der Waals surface area contributed by atoms with E-state index in [0.29, 0.717) is 17.1 Å². The number of nitrogens with one attached hydrogen (secondary N) is 1. The highest BCUT2D eigenvalue weighted by Crippen LogP contribution is 2.27. The van der Waals surface area contributed by atoms with E-state index in [-0.39, 0.29) is 0 Å². The molecule has 0 aliphatic carbocycles. The molecule has 21 heavy (non-hydrogen) atoms. The third-order valence-corrected chi connectivity index (χ3v) is 3.44. The van der Waals surface area contributed by atoms with Crippen LogP contribution in [0.3, 0.4) is 0 Å². The predicted molar refractivity (Wildman–Crippen MR) is 88.1 cm³/mol.